The number of rotatable bonds is 5. The molecular formula is C11H18BNO3S. The van der Waals surface area contributed by atoms with E-state index in [1.54, 1.807) is 0 Å². The second-order valence-electron chi connectivity index (χ2n) is 4.24. The highest BCUT2D eigenvalue weighted by Crippen LogP contribution is 2.08. The summed E-state index contributed by atoms with van der Waals surface area (Å²) in [5.74, 6) is 0. The van der Waals surface area contributed by atoms with Crippen LogP contribution in [0.25, 0.3) is 0 Å². The Bertz CT molecular complexity index is 339. The zero-order valence-corrected chi connectivity index (χ0v) is 10.7. The van der Waals surface area contributed by atoms with Crippen LogP contribution in [0.1, 0.15) is 12.0 Å². The summed E-state index contributed by atoms with van der Waals surface area (Å²) in [6.07, 6.45) is 1.96. The number of nitrogens with zero attached hydrogens (tertiary/aromatic N) is 1. The van der Waals surface area contributed by atoms with Gasteiger partial charge >= 0.3 is 7.12 Å². The molecule has 2 heterocycles. The second kappa shape index (κ2) is 6.51. The van der Waals surface area contributed by atoms with Crippen molar-refractivity contribution in [3.05, 3.63) is 17.0 Å². The first kappa shape index (κ1) is 13.0. The zero-order chi connectivity index (χ0) is 12.1. The van der Waals surface area contributed by atoms with Crippen LogP contribution in [0.3, 0.4) is 0 Å². The van der Waals surface area contributed by atoms with Crippen molar-refractivity contribution in [1.82, 2.24) is 4.90 Å². The minimum Gasteiger partial charge on any atom is -0.423 e. The Morgan fingerprint density at radius 3 is 2.82 bits per heavy atom. The van der Waals surface area contributed by atoms with E-state index < -0.39 is 7.12 Å². The van der Waals surface area contributed by atoms with Gasteiger partial charge in [0, 0.05) is 17.9 Å². The molecule has 0 saturated carbocycles. The second-order valence-corrected chi connectivity index (χ2v) is 5.19. The summed E-state index contributed by atoms with van der Waals surface area (Å²) < 4.78 is 5.98. The van der Waals surface area contributed by atoms with E-state index in [4.69, 9.17) is 4.74 Å². The van der Waals surface area contributed by atoms with Crippen molar-refractivity contribution in [1.29, 1.82) is 0 Å². The molecule has 2 rings (SSSR count). The molecular weight excluding hydrogens is 237 g/mol. The Hall–Kier alpha value is -0.395. The van der Waals surface area contributed by atoms with Gasteiger partial charge in [-0.05, 0) is 36.4 Å². The van der Waals surface area contributed by atoms with Gasteiger partial charge in [0.05, 0.1) is 13.2 Å². The summed E-state index contributed by atoms with van der Waals surface area (Å²) in [5, 5.41) is 20.3. The normalized spacial score (nSPS) is 17.3. The SMILES string of the molecule is OB(O)c1sccc1CCCN1CCOCC1. The lowest BCUT2D eigenvalue weighted by Gasteiger charge is -2.26. The highest BCUT2D eigenvalue weighted by molar-refractivity contribution is 7.20. The Morgan fingerprint density at radius 2 is 2.12 bits per heavy atom. The molecule has 1 aliphatic rings. The molecule has 0 unspecified atom stereocenters. The largest absolute Gasteiger partial charge is 0.499 e. The first-order valence-electron chi connectivity index (χ1n) is 6.00. The maximum Gasteiger partial charge on any atom is 0.499 e. The minimum absolute atomic E-state index is 0.687. The van der Waals surface area contributed by atoms with E-state index in [0.717, 1.165) is 51.3 Å². The van der Waals surface area contributed by atoms with E-state index in [9.17, 15) is 10.0 Å². The van der Waals surface area contributed by atoms with Gasteiger partial charge in [-0.15, -0.1) is 0 Å². The van der Waals surface area contributed by atoms with Gasteiger partial charge < -0.3 is 14.8 Å². The fourth-order valence-electron chi connectivity index (χ4n) is 2.10. The van der Waals surface area contributed by atoms with Gasteiger partial charge in [0.25, 0.3) is 0 Å². The van der Waals surface area contributed by atoms with Gasteiger partial charge in [0.15, 0.2) is 0 Å². The zero-order valence-electron chi connectivity index (χ0n) is 9.84. The third kappa shape index (κ3) is 3.79. The summed E-state index contributed by atoms with van der Waals surface area (Å²) in [6, 6.07) is 1.98. The van der Waals surface area contributed by atoms with Crippen molar-refractivity contribution in [3.8, 4) is 0 Å². The summed E-state index contributed by atoms with van der Waals surface area (Å²) in [7, 11) is -1.33. The highest BCUT2D eigenvalue weighted by atomic mass is 32.1. The number of ether oxygens (including phenoxy) is 1. The summed E-state index contributed by atoms with van der Waals surface area (Å²) in [5.41, 5.74) is 1.07. The van der Waals surface area contributed by atoms with Gasteiger partial charge in [0.2, 0.25) is 0 Å². The van der Waals surface area contributed by atoms with Crippen LogP contribution in [0, 0.1) is 0 Å². The van der Waals surface area contributed by atoms with Gasteiger partial charge in [-0.3, -0.25) is 4.90 Å². The van der Waals surface area contributed by atoms with Crippen molar-refractivity contribution >= 4 is 23.2 Å². The minimum atomic E-state index is -1.33. The van der Waals surface area contributed by atoms with Gasteiger partial charge in [-0.25, -0.2) is 0 Å². The maximum atomic E-state index is 9.18. The van der Waals surface area contributed by atoms with Crippen LogP contribution in [0.4, 0.5) is 0 Å². The van der Waals surface area contributed by atoms with Gasteiger partial charge in [0.1, 0.15) is 0 Å². The molecule has 1 aliphatic heterocycles. The van der Waals surface area contributed by atoms with Gasteiger partial charge in [-0.1, -0.05) is 0 Å². The standard InChI is InChI=1S/C11H18BNO3S/c14-12(15)11-10(3-9-17-11)2-1-4-13-5-7-16-8-6-13/h3,9,14-15H,1-2,4-8H2. The number of thiophene rings is 1. The van der Waals surface area contributed by atoms with E-state index >= 15 is 0 Å². The average molecular weight is 255 g/mol. The molecule has 4 nitrogen and oxygen atoms in total. The molecule has 0 aromatic carbocycles. The van der Waals surface area contributed by atoms with Crippen LogP contribution in [-0.2, 0) is 11.2 Å². The molecule has 1 aromatic heterocycles. The van der Waals surface area contributed by atoms with Crippen LogP contribution < -0.4 is 4.78 Å². The Balaban J connectivity index is 1.75. The Kier molecular flexibility index (Phi) is 5.00. The highest BCUT2D eigenvalue weighted by Gasteiger charge is 2.17. The van der Waals surface area contributed by atoms with Gasteiger partial charge in [-0.2, -0.15) is 11.3 Å². The maximum absolute atomic E-state index is 9.18. The molecule has 94 valence electrons. The van der Waals surface area contributed by atoms with E-state index in [2.05, 4.69) is 4.90 Å². The van der Waals surface area contributed by atoms with E-state index in [1.165, 1.54) is 11.3 Å². The predicted octanol–water partition coefficient (Wildman–Crippen LogP) is -0.307. The molecule has 17 heavy (non-hydrogen) atoms. The molecule has 0 amide bonds. The van der Waals surface area contributed by atoms with Crippen LogP contribution >= 0.6 is 11.3 Å². The van der Waals surface area contributed by atoms with Crippen molar-refractivity contribution in [2.75, 3.05) is 32.8 Å². The third-order valence-electron chi connectivity index (χ3n) is 3.04. The lowest BCUT2D eigenvalue weighted by atomic mass is 9.85. The summed E-state index contributed by atoms with van der Waals surface area (Å²) in [6.45, 7) is 4.75. The van der Waals surface area contributed by atoms with Crippen molar-refractivity contribution in [3.63, 3.8) is 0 Å². The van der Waals surface area contributed by atoms with E-state index in [1.807, 2.05) is 11.4 Å². The Morgan fingerprint density at radius 1 is 1.35 bits per heavy atom. The molecule has 1 saturated heterocycles. The summed E-state index contributed by atoms with van der Waals surface area (Å²) in [4.78, 5) is 2.39. The first-order valence-corrected chi connectivity index (χ1v) is 6.88. The Labute approximate surface area is 106 Å². The van der Waals surface area contributed by atoms with Crippen LogP contribution in [0.15, 0.2) is 11.4 Å². The van der Waals surface area contributed by atoms with E-state index in [0.29, 0.717) is 4.78 Å². The quantitative estimate of drug-likeness (QED) is 0.709. The molecule has 0 radical (unpaired) electrons. The topological polar surface area (TPSA) is 52.9 Å². The molecule has 0 aliphatic carbocycles. The predicted molar refractivity (Wildman–Crippen MR) is 69.7 cm³/mol. The molecule has 1 aromatic rings. The van der Waals surface area contributed by atoms with E-state index in [-0.39, 0.29) is 0 Å². The smallest absolute Gasteiger partial charge is 0.423 e. The monoisotopic (exact) mass is 255 g/mol. The fraction of sp³-hybridized carbons (Fsp3) is 0.636. The molecule has 0 atom stereocenters. The number of hydrogen-bond acceptors (Lipinski definition) is 5. The first-order chi connectivity index (χ1) is 8.27. The molecule has 2 N–H and O–H groups in total. The molecule has 0 bridgehead atoms. The molecule has 6 heteroatoms. The third-order valence-corrected chi connectivity index (χ3v) is 4.04. The fourth-order valence-corrected chi connectivity index (χ4v) is 2.92. The van der Waals surface area contributed by atoms with Crippen LogP contribution in [0.2, 0.25) is 0 Å². The summed E-state index contributed by atoms with van der Waals surface area (Å²) >= 11 is 1.41. The lowest BCUT2D eigenvalue weighted by molar-refractivity contribution is 0.0375. The van der Waals surface area contributed by atoms with Crippen molar-refractivity contribution < 1.29 is 14.8 Å². The van der Waals surface area contributed by atoms with Crippen molar-refractivity contribution in [2.24, 2.45) is 0 Å². The van der Waals surface area contributed by atoms with Crippen LogP contribution in [0.5, 0.6) is 0 Å². The number of morpholine rings is 1. The number of aryl methyl sites for hydroxylation is 1. The molecule has 0 spiro atoms. The van der Waals surface area contributed by atoms with Crippen LogP contribution in [-0.4, -0.2) is 54.9 Å². The average Bonchev–Trinajstić information content (AvgIpc) is 2.79. The number of hydrogen-bond donors (Lipinski definition) is 2. The molecule has 1 fully saturated rings. The van der Waals surface area contributed by atoms with Crippen molar-refractivity contribution in [2.45, 2.75) is 12.8 Å². The lowest BCUT2D eigenvalue weighted by Crippen LogP contribution is -2.37.